The molecule has 1 saturated heterocycles. The summed E-state index contributed by atoms with van der Waals surface area (Å²) in [7, 11) is 0. The van der Waals surface area contributed by atoms with Gasteiger partial charge in [0.25, 0.3) is 0 Å². The van der Waals surface area contributed by atoms with Crippen molar-refractivity contribution >= 4 is 5.91 Å². The third-order valence-electron chi connectivity index (χ3n) is 2.64. The van der Waals surface area contributed by atoms with Crippen LogP contribution >= 0.6 is 0 Å². The van der Waals surface area contributed by atoms with Gasteiger partial charge in [0.05, 0.1) is 19.7 Å². The van der Waals surface area contributed by atoms with E-state index in [2.05, 4.69) is 16.1 Å². The van der Waals surface area contributed by atoms with E-state index in [0.717, 1.165) is 26.2 Å². The van der Waals surface area contributed by atoms with Crippen LogP contribution in [0.15, 0.2) is 0 Å². The van der Waals surface area contributed by atoms with Crippen molar-refractivity contribution in [1.82, 2.24) is 15.1 Å². The van der Waals surface area contributed by atoms with Crippen LogP contribution in [-0.4, -0.2) is 73.2 Å². The molecule has 0 atom stereocenters. The fourth-order valence-corrected chi connectivity index (χ4v) is 1.72. The lowest BCUT2D eigenvalue weighted by Crippen LogP contribution is -2.51. The average molecular weight is 225 g/mol. The van der Waals surface area contributed by atoms with Crippen molar-refractivity contribution in [2.24, 2.45) is 0 Å². The Bertz CT molecular complexity index is 254. The Kier molecular flexibility index (Phi) is 5.86. The maximum atomic E-state index is 11.7. The Morgan fingerprint density at radius 2 is 2.06 bits per heavy atom. The molecular formula is C11H19N3O2. The maximum Gasteiger partial charge on any atom is 0.236 e. The largest absolute Gasteiger partial charge is 0.395 e. The molecule has 16 heavy (non-hydrogen) atoms. The summed E-state index contributed by atoms with van der Waals surface area (Å²) in [5.74, 6) is 2.53. The Hall–Kier alpha value is -1.09. The molecule has 1 aliphatic rings. The van der Waals surface area contributed by atoms with Crippen molar-refractivity contribution in [2.75, 3.05) is 52.4 Å². The van der Waals surface area contributed by atoms with Crippen molar-refractivity contribution < 1.29 is 9.90 Å². The number of amides is 1. The van der Waals surface area contributed by atoms with Gasteiger partial charge in [-0.3, -0.25) is 15.0 Å². The van der Waals surface area contributed by atoms with Crippen LogP contribution in [0, 0.1) is 12.3 Å². The van der Waals surface area contributed by atoms with Gasteiger partial charge in [0.1, 0.15) is 0 Å². The van der Waals surface area contributed by atoms with Crippen molar-refractivity contribution in [1.29, 1.82) is 0 Å². The molecule has 0 unspecified atom stereocenters. The smallest absolute Gasteiger partial charge is 0.236 e. The number of rotatable bonds is 5. The molecule has 0 saturated carbocycles. The summed E-state index contributed by atoms with van der Waals surface area (Å²) in [6, 6.07) is 0. The second-order valence-electron chi connectivity index (χ2n) is 3.75. The summed E-state index contributed by atoms with van der Waals surface area (Å²) in [4.78, 5) is 15.6. The monoisotopic (exact) mass is 225 g/mol. The third-order valence-corrected chi connectivity index (χ3v) is 2.64. The lowest BCUT2D eigenvalue weighted by molar-refractivity contribution is -0.131. The van der Waals surface area contributed by atoms with E-state index < -0.39 is 0 Å². The molecule has 1 heterocycles. The first-order valence-electron chi connectivity index (χ1n) is 5.53. The topological polar surface area (TPSA) is 55.8 Å². The molecule has 5 nitrogen and oxygen atoms in total. The molecule has 1 rings (SSSR count). The molecule has 1 fully saturated rings. The highest BCUT2D eigenvalue weighted by molar-refractivity contribution is 5.78. The van der Waals surface area contributed by atoms with E-state index in [-0.39, 0.29) is 12.5 Å². The van der Waals surface area contributed by atoms with Crippen LogP contribution < -0.4 is 5.32 Å². The number of nitrogens with one attached hydrogen (secondary N) is 1. The predicted octanol–water partition coefficient (Wildman–Crippen LogP) is -1.65. The fraction of sp³-hybridized carbons (Fsp3) is 0.727. The molecule has 1 amide bonds. The lowest BCUT2D eigenvalue weighted by Gasteiger charge is -2.34. The maximum absolute atomic E-state index is 11.7. The molecule has 90 valence electrons. The van der Waals surface area contributed by atoms with Crippen molar-refractivity contribution in [2.45, 2.75) is 0 Å². The van der Waals surface area contributed by atoms with Gasteiger partial charge in [0, 0.05) is 32.7 Å². The van der Waals surface area contributed by atoms with E-state index in [9.17, 15) is 4.79 Å². The number of hydrogen-bond acceptors (Lipinski definition) is 4. The lowest BCUT2D eigenvalue weighted by atomic mass is 10.3. The van der Waals surface area contributed by atoms with Crippen LogP contribution in [0.2, 0.25) is 0 Å². The number of hydrogen-bond donors (Lipinski definition) is 2. The molecule has 0 aromatic heterocycles. The quantitative estimate of drug-likeness (QED) is 0.435. The van der Waals surface area contributed by atoms with Gasteiger partial charge in [-0.05, 0) is 0 Å². The van der Waals surface area contributed by atoms with Gasteiger partial charge in [-0.25, -0.2) is 0 Å². The molecule has 0 aromatic carbocycles. The summed E-state index contributed by atoms with van der Waals surface area (Å²) in [6.45, 7) is 4.74. The van der Waals surface area contributed by atoms with Gasteiger partial charge in [0.2, 0.25) is 5.91 Å². The minimum absolute atomic E-state index is 0.0962. The van der Waals surface area contributed by atoms with Crippen LogP contribution in [0.5, 0.6) is 0 Å². The SMILES string of the molecule is C#CCNCC(=O)N1CCN(CCO)CC1. The Labute approximate surface area is 96.4 Å². The zero-order valence-corrected chi connectivity index (χ0v) is 9.48. The molecule has 1 aliphatic heterocycles. The summed E-state index contributed by atoms with van der Waals surface area (Å²) in [5.41, 5.74) is 0. The Morgan fingerprint density at radius 1 is 1.38 bits per heavy atom. The number of β-amino-alcohol motifs (C(OH)–C–C–N with tert-alkyl or cyclic N) is 1. The normalized spacial score (nSPS) is 17.1. The number of terminal acetylenes is 1. The summed E-state index contributed by atoms with van der Waals surface area (Å²) in [5, 5.41) is 11.7. The molecular weight excluding hydrogens is 206 g/mol. The summed E-state index contributed by atoms with van der Waals surface area (Å²) >= 11 is 0. The van der Waals surface area contributed by atoms with Crippen molar-refractivity contribution in [3.63, 3.8) is 0 Å². The van der Waals surface area contributed by atoms with E-state index in [1.807, 2.05) is 4.90 Å². The molecule has 2 N–H and O–H groups in total. The summed E-state index contributed by atoms with van der Waals surface area (Å²) < 4.78 is 0. The predicted molar refractivity (Wildman–Crippen MR) is 61.8 cm³/mol. The van der Waals surface area contributed by atoms with Gasteiger partial charge < -0.3 is 10.0 Å². The Balaban J connectivity index is 2.20. The minimum Gasteiger partial charge on any atom is -0.395 e. The van der Waals surface area contributed by atoms with Crippen LogP contribution in [0.3, 0.4) is 0 Å². The number of piperazine rings is 1. The first kappa shape index (κ1) is 13.0. The number of aliphatic hydroxyl groups excluding tert-OH is 1. The fourth-order valence-electron chi connectivity index (χ4n) is 1.72. The molecule has 5 heteroatoms. The highest BCUT2D eigenvalue weighted by atomic mass is 16.3. The van der Waals surface area contributed by atoms with E-state index in [0.29, 0.717) is 19.6 Å². The molecule has 0 bridgehead atoms. The highest BCUT2D eigenvalue weighted by Crippen LogP contribution is 2.00. The Morgan fingerprint density at radius 3 is 2.62 bits per heavy atom. The van der Waals surface area contributed by atoms with Crippen LogP contribution in [0.1, 0.15) is 0 Å². The summed E-state index contributed by atoms with van der Waals surface area (Å²) in [6.07, 6.45) is 5.08. The van der Waals surface area contributed by atoms with Crippen LogP contribution in [0.4, 0.5) is 0 Å². The van der Waals surface area contributed by atoms with E-state index in [1.165, 1.54) is 0 Å². The minimum atomic E-state index is 0.0962. The molecule has 0 spiro atoms. The van der Waals surface area contributed by atoms with Crippen LogP contribution in [-0.2, 0) is 4.79 Å². The van der Waals surface area contributed by atoms with Crippen molar-refractivity contribution in [3.05, 3.63) is 0 Å². The van der Waals surface area contributed by atoms with E-state index in [1.54, 1.807) is 0 Å². The number of carbonyl (C=O) groups excluding carboxylic acids is 1. The second-order valence-corrected chi connectivity index (χ2v) is 3.75. The number of carbonyl (C=O) groups is 1. The number of nitrogens with zero attached hydrogens (tertiary/aromatic N) is 2. The third kappa shape index (κ3) is 4.19. The van der Waals surface area contributed by atoms with E-state index in [4.69, 9.17) is 11.5 Å². The van der Waals surface area contributed by atoms with Crippen LogP contribution in [0.25, 0.3) is 0 Å². The van der Waals surface area contributed by atoms with Gasteiger partial charge in [-0.15, -0.1) is 6.42 Å². The average Bonchev–Trinajstić information content (AvgIpc) is 2.30. The number of aliphatic hydroxyl groups is 1. The van der Waals surface area contributed by atoms with Crippen molar-refractivity contribution in [3.8, 4) is 12.3 Å². The van der Waals surface area contributed by atoms with Gasteiger partial charge in [-0.2, -0.15) is 0 Å². The van der Waals surface area contributed by atoms with Gasteiger partial charge in [0.15, 0.2) is 0 Å². The standard InChI is InChI=1S/C11H19N3O2/c1-2-3-12-10-11(16)14-6-4-13(5-7-14)8-9-15/h1,12,15H,3-10H2. The molecule has 0 aromatic rings. The zero-order chi connectivity index (χ0) is 11.8. The molecule has 0 aliphatic carbocycles. The zero-order valence-electron chi connectivity index (χ0n) is 9.48. The first-order valence-corrected chi connectivity index (χ1v) is 5.53. The van der Waals surface area contributed by atoms with Gasteiger partial charge in [-0.1, -0.05) is 5.92 Å². The van der Waals surface area contributed by atoms with Gasteiger partial charge >= 0.3 is 0 Å². The molecule has 0 radical (unpaired) electrons. The second kappa shape index (κ2) is 7.23. The van der Waals surface area contributed by atoms with E-state index >= 15 is 0 Å². The first-order chi connectivity index (χ1) is 7.77. The highest BCUT2D eigenvalue weighted by Gasteiger charge is 2.19.